The largest absolute Gasteiger partial charge is 0.454 e. The smallest absolute Gasteiger partial charge is 0.168 e. The summed E-state index contributed by atoms with van der Waals surface area (Å²) >= 11 is 5.93. The minimum atomic E-state index is -0.652. The number of halogens is 2. The molecule has 0 bridgehead atoms. The SMILES string of the molecule is N#Cc1ccc(Oc2c(N)cccc2Cl)cc1F. The van der Waals surface area contributed by atoms with E-state index in [9.17, 15) is 4.39 Å². The maximum absolute atomic E-state index is 13.4. The van der Waals surface area contributed by atoms with Gasteiger partial charge in [-0.05, 0) is 24.3 Å². The highest BCUT2D eigenvalue weighted by molar-refractivity contribution is 6.32. The minimum absolute atomic E-state index is 0.0468. The van der Waals surface area contributed by atoms with Crippen LogP contribution in [0.1, 0.15) is 5.56 Å². The van der Waals surface area contributed by atoms with Crippen molar-refractivity contribution in [3.63, 3.8) is 0 Å². The van der Waals surface area contributed by atoms with Crippen LogP contribution in [0.25, 0.3) is 0 Å². The normalized spacial score (nSPS) is 9.83. The number of ether oxygens (including phenoxy) is 1. The fraction of sp³-hybridized carbons (Fsp3) is 0. The summed E-state index contributed by atoms with van der Waals surface area (Å²) in [6, 6.07) is 10.6. The zero-order chi connectivity index (χ0) is 13.1. The Labute approximate surface area is 108 Å². The molecule has 0 aliphatic rings. The number of benzene rings is 2. The van der Waals surface area contributed by atoms with Crippen molar-refractivity contribution in [3.05, 3.63) is 52.8 Å². The maximum Gasteiger partial charge on any atom is 0.168 e. The molecule has 0 aromatic heterocycles. The second-order valence-electron chi connectivity index (χ2n) is 3.51. The van der Waals surface area contributed by atoms with Crippen LogP contribution in [0.5, 0.6) is 11.5 Å². The number of nitrogens with zero attached hydrogens (tertiary/aromatic N) is 1. The fourth-order valence-corrected chi connectivity index (χ4v) is 1.62. The first kappa shape index (κ1) is 12.2. The number of nitrogen functional groups attached to an aromatic ring is 1. The number of hydrogen-bond donors (Lipinski definition) is 1. The van der Waals surface area contributed by atoms with Gasteiger partial charge in [-0.1, -0.05) is 17.7 Å². The van der Waals surface area contributed by atoms with Crippen molar-refractivity contribution in [1.82, 2.24) is 0 Å². The second kappa shape index (κ2) is 4.94. The molecule has 2 aromatic rings. The lowest BCUT2D eigenvalue weighted by Crippen LogP contribution is -1.93. The number of rotatable bonds is 2. The Kier molecular flexibility index (Phi) is 3.35. The molecule has 5 heteroatoms. The first-order valence-electron chi connectivity index (χ1n) is 5.03. The van der Waals surface area contributed by atoms with Gasteiger partial charge in [-0.3, -0.25) is 0 Å². The van der Waals surface area contributed by atoms with Gasteiger partial charge in [0.05, 0.1) is 16.3 Å². The topological polar surface area (TPSA) is 59.0 Å². The molecule has 2 rings (SSSR count). The average Bonchev–Trinajstić information content (AvgIpc) is 2.34. The molecule has 0 amide bonds. The van der Waals surface area contributed by atoms with Crippen molar-refractivity contribution in [3.8, 4) is 17.6 Å². The van der Waals surface area contributed by atoms with E-state index < -0.39 is 5.82 Å². The third kappa shape index (κ3) is 2.36. The van der Waals surface area contributed by atoms with E-state index in [2.05, 4.69) is 0 Å². The molecule has 0 saturated heterocycles. The second-order valence-corrected chi connectivity index (χ2v) is 3.92. The Bertz CT molecular complexity index is 617. The molecule has 0 aliphatic heterocycles. The molecule has 0 atom stereocenters. The summed E-state index contributed by atoms with van der Waals surface area (Å²) in [5.41, 5.74) is 6.01. The summed E-state index contributed by atoms with van der Waals surface area (Å²) in [4.78, 5) is 0. The van der Waals surface area contributed by atoms with Crippen LogP contribution in [0.15, 0.2) is 36.4 Å². The summed E-state index contributed by atoms with van der Waals surface area (Å²) in [5, 5.41) is 8.95. The summed E-state index contributed by atoms with van der Waals surface area (Å²) in [6.07, 6.45) is 0. The summed E-state index contributed by atoms with van der Waals surface area (Å²) < 4.78 is 18.8. The van der Waals surface area contributed by atoms with Crippen molar-refractivity contribution in [1.29, 1.82) is 5.26 Å². The maximum atomic E-state index is 13.4. The minimum Gasteiger partial charge on any atom is -0.454 e. The lowest BCUT2D eigenvalue weighted by molar-refractivity contribution is 0.479. The number of anilines is 1. The number of hydrogen-bond acceptors (Lipinski definition) is 3. The van der Waals surface area contributed by atoms with E-state index in [1.807, 2.05) is 0 Å². The molecule has 0 saturated carbocycles. The van der Waals surface area contributed by atoms with Gasteiger partial charge in [0.2, 0.25) is 0 Å². The van der Waals surface area contributed by atoms with Gasteiger partial charge in [0.25, 0.3) is 0 Å². The monoisotopic (exact) mass is 262 g/mol. The molecular weight excluding hydrogens is 255 g/mol. The summed E-state index contributed by atoms with van der Waals surface area (Å²) in [5.74, 6) is -0.157. The predicted molar refractivity (Wildman–Crippen MR) is 67.1 cm³/mol. The van der Waals surface area contributed by atoms with E-state index in [4.69, 9.17) is 27.3 Å². The zero-order valence-electron chi connectivity index (χ0n) is 9.15. The molecule has 0 fully saturated rings. The van der Waals surface area contributed by atoms with Gasteiger partial charge in [-0.2, -0.15) is 5.26 Å². The Morgan fingerprint density at radius 3 is 2.67 bits per heavy atom. The first-order valence-corrected chi connectivity index (χ1v) is 5.41. The van der Waals surface area contributed by atoms with Crippen molar-refractivity contribution < 1.29 is 9.13 Å². The van der Waals surface area contributed by atoms with E-state index in [0.29, 0.717) is 10.7 Å². The molecule has 0 radical (unpaired) electrons. The van der Waals surface area contributed by atoms with Gasteiger partial charge in [0, 0.05) is 6.07 Å². The lowest BCUT2D eigenvalue weighted by atomic mass is 10.2. The van der Waals surface area contributed by atoms with Gasteiger partial charge < -0.3 is 10.5 Å². The average molecular weight is 263 g/mol. The van der Waals surface area contributed by atoms with Crippen LogP contribution >= 0.6 is 11.6 Å². The van der Waals surface area contributed by atoms with Gasteiger partial charge in [-0.15, -0.1) is 0 Å². The van der Waals surface area contributed by atoms with E-state index in [-0.39, 0.29) is 17.1 Å². The highest BCUT2D eigenvalue weighted by Gasteiger charge is 2.09. The summed E-state index contributed by atoms with van der Waals surface area (Å²) in [7, 11) is 0. The molecule has 0 unspecified atom stereocenters. The molecular formula is C13H8ClFN2O. The Balaban J connectivity index is 2.35. The molecule has 0 aliphatic carbocycles. The van der Waals surface area contributed by atoms with Crippen LogP contribution in [0.2, 0.25) is 5.02 Å². The third-order valence-electron chi connectivity index (χ3n) is 2.28. The van der Waals surface area contributed by atoms with E-state index in [0.717, 1.165) is 6.07 Å². The van der Waals surface area contributed by atoms with E-state index in [1.54, 1.807) is 24.3 Å². The number of nitriles is 1. The standard InChI is InChI=1S/C13H8ClFN2O/c14-10-2-1-3-12(17)13(10)18-9-5-4-8(7-16)11(15)6-9/h1-6H,17H2. The molecule has 2 aromatic carbocycles. The number of para-hydroxylation sites is 1. The van der Waals surface area contributed by atoms with Crippen LogP contribution in [-0.2, 0) is 0 Å². The summed E-state index contributed by atoms with van der Waals surface area (Å²) in [6.45, 7) is 0. The predicted octanol–water partition coefficient (Wildman–Crippen LogP) is 3.73. The van der Waals surface area contributed by atoms with Crippen LogP contribution in [-0.4, -0.2) is 0 Å². The molecule has 18 heavy (non-hydrogen) atoms. The Morgan fingerprint density at radius 1 is 1.28 bits per heavy atom. The quantitative estimate of drug-likeness (QED) is 0.839. The van der Waals surface area contributed by atoms with Crippen molar-refractivity contribution >= 4 is 17.3 Å². The molecule has 0 spiro atoms. The van der Waals surface area contributed by atoms with Crippen molar-refractivity contribution in [2.45, 2.75) is 0 Å². The molecule has 2 N–H and O–H groups in total. The molecule has 90 valence electrons. The molecule has 0 heterocycles. The highest BCUT2D eigenvalue weighted by Crippen LogP contribution is 2.34. The Hall–Kier alpha value is -2.25. The van der Waals surface area contributed by atoms with Crippen molar-refractivity contribution in [2.24, 2.45) is 0 Å². The zero-order valence-corrected chi connectivity index (χ0v) is 9.91. The van der Waals surface area contributed by atoms with Gasteiger partial charge in [0.15, 0.2) is 5.75 Å². The van der Waals surface area contributed by atoms with Crippen LogP contribution in [0.3, 0.4) is 0 Å². The van der Waals surface area contributed by atoms with Gasteiger partial charge in [-0.25, -0.2) is 4.39 Å². The number of nitrogens with two attached hydrogens (primary N) is 1. The van der Waals surface area contributed by atoms with Crippen LogP contribution in [0.4, 0.5) is 10.1 Å². The lowest BCUT2D eigenvalue weighted by Gasteiger charge is -2.10. The Morgan fingerprint density at radius 2 is 2.06 bits per heavy atom. The molecule has 3 nitrogen and oxygen atoms in total. The third-order valence-corrected chi connectivity index (χ3v) is 2.58. The van der Waals surface area contributed by atoms with Gasteiger partial charge in [0.1, 0.15) is 17.6 Å². The van der Waals surface area contributed by atoms with Crippen LogP contribution < -0.4 is 10.5 Å². The van der Waals surface area contributed by atoms with Gasteiger partial charge >= 0.3 is 0 Å². The van der Waals surface area contributed by atoms with E-state index >= 15 is 0 Å². The van der Waals surface area contributed by atoms with Crippen LogP contribution in [0, 0.1) is 17.1 Å². The highest BCUT2D eigenvalue weighted by atomic mass is 35.5. The van der Waals surface area contributed by atoms with Crippen molar-refractivity contribution in [2.75, 3.05) is 5.73 Å². The van der Waals surface area contributed by atoms with E-state index in [1.165, 1.54) is 12.1 Å². The fourth-order valence-electron chi connectivity index (χ4n) is 1.40. The first-order chi connectivity index (χ1) is 8.61.